The van der Waals surface area contributed by atoms with Crippen molar-refractivity contribution in [1.29, 1.82) is 0 Å². The van der Waals surface area contributed by atoms with Crippen LogP contribution in [0.2, 0.25) is 0 Å². The fourth-order valence-electron chi connectivity index (χ4n) is 3.71. The first-order valence-electron chi connectivity index (χ1n) is 8.26. The fourth-order valence-corrected chi connectivity index (χ4v) is 4.98. The maximum atomic E-state index is 12.5. The van der Waals surface area contributed by atoms with Crippen LogP contribution in [0.4, 0.5) is 5.00 Å². The molecule has 0 bridgehead atoms. The number of carbonyl (C=O) groups excluding carboxylic acids is 3. The van der Waals surface area contributed by atoms with Gasteiger partial charge in [0.1, 0.15) is 10.9 Å². The van der Waals surface area contributed by atoms with E-state index in [0.29, 0.717) is 30.0 Å². The van der Waals surface area contributed by atoms with E-state index in [0.717, 1.165) is 10.4 Å². The van der Waals surface area contributed by atoms with Crippen LogP contribution in [-0.4, -0.2) is 29.9 Å². The Morgan fingerprint density at radius 2 is 2.00 bits per heavy atom. The number of fused-ring (bicyclic) bond motifs is 1. The number of hydrogen-bond acceptors (Lipinski definition) is 5. The minimum atomic E-state index is -0.736. The molecule has 136 valence electrons. The van der Waals surface area contributed by atoms with Crippen molar-refractivity contribution in [2.45, 2.75) is 51.7 Å². The van der Waals surface area contributed by atoms with Gasteiger partial charge in [0.05, 0.1) is 16.8 Å². The molecule has 0 radical (unpaired) electrons. The van der Waals surface area contributed by atoms with Crippen molar-refractivity contribution in [1.82, 2.24) is 5.32 Å². The second-order valence-corrected chi connectivity index (χ2v) is 8.67. The normalized spacial score (nSPS) is 23.7. The maximum Gasteiger partial charge on any atom is 0.251 e. The molecule has 0 spiro atoms. The number of amides is 3. The van der Waals surface area contributed by atoms with E-state index >= 15 is 0 Å². The number of thiophene rings is 1. The predicted octanol–water partition coefficient (Wildman–Crippen LogP) is 1.51. The third-order valence-corrected chi connectivity index (χ3v) is 5.99. The van der Waals surface area contributed by atoms with Gasteiger partial charge in [-0.25, -0.2) is 0 Å². The van der Waals surface area contributed by atoms with Crippen LogP contribution in [0.1, 0.15) is 54.9 Å². The van der Waals surface area contributed by atoms with Gasteiger partial charge in [0.25, 0.3) is 5.91 Å². The number of ether oxygens (including phenoxy) is 1. The third kappa shape index (κ3) is 3.16. The molecule has 0 aliphatic carbocycles. The summed E-state index contributed by atoms with van der Waals surface area (Å²) in [7, 11) is 0. The molecule has 1 aromatic heterocycles. The van der Waals surface area contributed by atoms with Crippen LogP contribution in [0.3, 0.4) is 0 Å². The molecule has 7 nitrogen and oxygen atoms in total. The van der Waals surface area contributed by atoms with Crippen LogP contribution in [0.15, 0.2) is 0 Å². The lowest BCUT2D eigenvalue weighted by Crippen LogP contribution is -2.42. The number of primary amides is 1. The van der Waals surface area contributed by atoms with E-state index in [9.17, 15) is 14.4 Å². The van der Waals surface area contributed by atoms with Crippen LogP contribution < -0.4 is 16.4 Å². The van der Waals surface area contributed by atoms with Crippen LogP contribution in [0.25, 0.3) is 0 Å². The Morgan fingerprint density at radius 1 is 1.32 bits per heavy atom. The average Bonchev–Trinajstić information content (AvgIpc) is 3.00. The van der Waals surface area contributed by atoms with Crippen molar-refractivity contribution in [2.75, 3.05) is 11.9 Å². The number of nitrogens with two attached hydrogens (primary N) is 1. The van der Waals surface area contributed by atoms with Crippen molar-refractivity contribution in [3.8, 4) is 0 Å². The maximum absolute atomic E-state index is 12.5. The van der Waals surface area contributed by atoms with E-state index in [4.69, 9.17) is 10.5 Å². The minimum Gasteiger partial charge on any atom is -0.365 e. The Bertz CT molecular complexity index is 766. The molecule has 2 aliphatic heterocycles. The van der Waals surface area contributed by atoms with Gasteiger partial charge in [-0.2, -0.15) is 0 Å². The highest BCUT2D eigenvalue weighted by atomic mass is 32.1. The van der Waals surface area contributed by atoms with Gasteiger partial charge in [-0.05, 0) is 39.7 Å². The molecule has 1 unspecified atom stereocenters. The summed E-state index contributed by atoms with van der Waals surface area (Å²) in [6.07, 6.45) is 0.976. The second-order valence-electron chi connectivity index (χ2n) is 7.65. The zero-order chi connectivity index (χ0) is 18.6. The van der Waals surface area contributed by atoms with Gasteiger partial charge in [0.15, 0.2) is 0 Å². The lowest BCUT2D eigenvalue weighted by molar-refractivity contribution is -0.136. The SMILES string of the molecule is CC1(C)Cc2c(sc(NC(=O)C3CCNC3=O)c2C(N)=O)C(C)(C)O1. The lowest BCUT2D eigenvalue weighted by Gasteiger charge is -2.41. The van der Waals surface area contributed by atoms with Crippen molar-refractivity contribution in [3.05, 3.63) is 16.0 Å². The molecule has 3 amide bonds. The summed E-state index contributed by atoms with van der Waals surface area (Å²) in [5, 5.41) is 5.79. The molecule has 0 saturated carbocycles. The van der Waals surface area contributed by atoms with Crippen molar-refractivity contribution in [2.24, 2.45) is 11.7 Å². The highest BCUT2D eigenvalue weighted by Crippen LogP contribution is 2.48. The zero-order valence-electron chi connectivity index (χ0n) is 14.8. The molecule has 1 saturated heterocycles. The number of rotatable bonds is 3. The Balaban J connectivity index is 2.01. The van der Waals surface area contributed by atoms with Gasteiger partial charge in [-0.1, -0.05) is 0 Å². The zero-order valence-corrected chi connectivity index (χ0v) is 15.6. The summed E-state index contributed by atoms with van der Waals surface area (Å²) in [5.74, 6) is -2.02. The minimum absolute atomic E-state index is 0.288. The third-order valence-electron chi connectivity index (χ3n) is 4.54. The summed E-state index contributed by atoms with van der Waals surface area (Å²) in [6.45, 7) is 8.27. The van der Waals surface area contributed by atoms with E-state index < -0.39 is 28.9 Å². The molecule has 3 heterocycles. The highest BCUT2D eigenvalue weighted by Gasteiger charge is 2.43. The predicted molar refractivity (Wildman–Crippen MR) is 94.5 cm³/mol. The molecule has 1 atom stereocenters. The summed E-state index contributed by atoms with van der Waals surface area (Å²) in [5.41, 5.74) is 5.72. The van der Waals surface area contributed by atoms with E-state index in [1.807, 2.05) is 27.7 Å². The fraction of sp³-hybridized carbons (Fsp3) is 0.588. The van der Waals surface area contributed by atoms with Crippen molar-refractivity contribution < 1.29 is 19.1 Å². The van der Waals surface area contributed by atoms with Crippen LogP contribution >= 0.6 is 11.3 Å². The summed E-state index contributed by atoms with van der Waals surface area (Å²) in [4.78, 5) is 37.2. The van der Waals surface area contributed by atoms with Crippen LogP contribution in [0, 0.1) is 5.92 Å². The Hall–Kier alpha value is -1.93. The molecule has 8 heteroatoms. The van der Waals surface area contributed by atoms with E-state index in [2.05, 4.69) is 10.6 Å². The first-order valence-corrected chi connectivity index (χ1v) is 9.08. The van der Waals surface area contributed by atoms with Gasteiger partial charge in [0, 0.05) is 17.8 Å². The lowest BCUT2D eigenvalue weighted by atomic mass is 9.86. The first kappa shape index (κ1) is 17.9. The van der Waals surface area contributed by atoms with Crippen molar-refractivity contribution in [3.63, 3.8) is 0 Å². The summed E-state index contributed by atoms with van der Waals surface area (Å²) < 4.78 is 6.14. The molecule has 25 heavy (non-hydrogen) atoms. The molecule has 2 aliphatic rings. The smallest absolute Gasteiger partial charge is 0.251 e. The van der Waals surface area contributed by atoms with Crippen LogP contribution in [-0.2, 0) is 26.3 Å². The molecule has 0 aromatic carbocycles. The Kier molecular flexibility index (Phi) is 4.15. The molecule has 1 fully saturated rings. The molecule has 3 rings (SSSR count). The number of nitrogens with one attached hydrogen (secondary N) is 2. The largest absolute Gasteiger partial charge is 0.365 e. The van der Waals surface area contributed by atoms with Crippen molar-refractivity contribution >= 4 is 34.1 Å². The molecular formula is C17H23N3O4S. The van der Waals surface area contributed by atoms with Gasteiger partial charge < -0.3 is 21.1 Å². The second kappa shape index (κ2) is 5.81. The number of anilines is 1. The quantitative estimate of drug-likeness (QED) is 0.705. The van der Waals surface area contributed by atoms with E-state index in [1.165, 1.54) is 11.3 Å². The first-order chi connectivity index (χ1) is 11.5. The van der Waals surface area contributed by atoms with Gasteiger partial charge in [0.2, 0.25) is 11.8 Å². The Morgan fingerprint density at radius 3 is 2.56 bits per heavy atom. The number of carbonyl (C=O) groups is 3. The molecule has 1 aromatic rings. The molecule has 4 N–H and O–H groups in total. The standard InChI is InChI=1S/C17H23N3O4S/c1-16(2)7-9-10(12(18)21)15(25-11(9)17(3,4)24-16)20-14(23)8-5-6-19-13(8)22/h8H,5-7H2,1-4H3,(H2,18,21)(H,19,22)(H,20,23). The highest BCUT2D eigenvalue weighted by molar-refractivity contribution is 7.17. The van der Waals surface area contributed by atoms with E-state index in [-0.39, 0.29) is 5.91 Å². The van der Waals surface area contributed by atoms with Gasteiger partial charge >= 0.3 is 0 Å². The van der Waals surface area contributed by atoms with Gasteiger partial charge in [-0.15, -0.1) is 11.3 Å². The topological polar surface area (TPSA) is 111 Å². The molecular weight excluding hydrogens is 342 g/mol. The van der Waals surface area contributed by atoms with Crippen LogP contribution in [0.5, 0.6) is 0 Å². The Labute approximate surface area is 150 Å². The van der Waals surface area contributed by atoms with Gasteiger partial charge in [-0.3, -0.25) is 14.4 Å². The number of hydrogen-bond donors (Lipinski definition) is 3. The monoisotopic (exact) mass is 365 g/mol. The average molecular weight is 365 g/mol. The summed E-state index contributed by atoms with van der Waals surface area (Å²) in [6, 6.07) is 0. The van der Waals surface area contributed by atoms with E-state index in [1.54, 1.807) is 0 Å². The summed E-state index contributed by atoms with van der Waals surface area (Å²) >= 11 is 1.30.